The van der Waals surface area contributed by atoms with E-state index in [1.807, 2.05) is 39.0 Å². The second-order valence-corrected chi connectivity index (χ2v) is 6.33. The topological polar surface area (TPSA) is 84.0 Å². The van der Waals surface area contributed by atoms with Gasteiger partial charge in [0.25, 0.3) is 10.0 Å². The van der Waals surface area contributed by atoms with Crippen LogP contribution in [0.15, 0.2) is 35.5 Å². The van der Waals surface area contributed by atoms with Crippen LogP contribution in [0.1, 0.15) is 18.1 Å². The summed E-state index contributed by atoms with van der Waals surface area (Å²) in [6.45, 7) is 6.30. The molecule has 112 valence electrons. The van der Waals surface area contributed by atoms with Crippen molar-refractivity contribution in [3.05, 3.63) is 41.7 Å². The second kappa shape index (κ2) is 6.09. The number of hydrogen-bond donors (Lipinski definition) is 2. The van der Waals surface area contributed by atoms with Crippen molar-refractivity contribution in [2.45, 2.75) is 25.7 Å². The van der Waals surface area contributed by atoms with E-state index in [1.54, 1.807) is 0 Å². The Labute approximate surface area is 124 Å². The molecule has 2 N–H and O–H groups in total. The van der Waals surface area contributed by atoms with Crippen molar-refractivity contribution in [3.63, 3.8) is 0 Å². The van der Waals surface area contributed by atoms with Crippen molar-refractivity contribution < 1.29 is 8.42 Å². The second-order valence-electron chi connectivity index (χ2n) is 4.65. The number of benzene rings is 1. The average Bonchev–Trinajstić information content (AvgIpc) is 2.44. The van der Waals surface area contributed by atoms with Crippen LogP contribution in [0, 0.1) is 13.8 Å². The molecule has 0 saturated heterocycles. The van der Waals surface area contributed by atoms with Crippen molar-refractivity contribution >= 4 is 21.7 Å². The van der Waals surface area contributed by atoms with Crippen LogP contribution in [-0.4, -0.2) is 24.9 Å². The third-order valence-corrected chi connectivity index (χ3v) is 4.30. The molecule has 0 atom stereocenters. The zero-order valence-corrected chi connectivity index (χ0v) is 13.0. The SMILES string of the molecule is CCNc1ncc(S(=O)(=O)Nc2c(C)cccc2C)cn1. The normalized spacial score (nSPS) is 11.2. The maximum atomic E-state index is 12.4. The Morgan fingerprint density at radius 3 is 2.19 bits per heavy atom. The minimum Gasteiger partial charge on any atom is -0.355 e. The fraction of sp³-hybridized carbons (Fsp3) is 0.286. The van der Waals surface area contributed by atoms with Crippen LogP contribution >= 0.6 is 0 Å². The molecule has 2 rings (SSSR count). The zero-order chi connectivity index (χ0) is 15.5. The van der Waals surface area contributed by atoms with Crippen LogP contribution in [0.2, 0.25) is 0 Å². The highest BCUT2D eigenvalue weighted by atomic mass is 32.2. The maximum absolute atomic E-state index is 12.4. The van der Waals surface area contributed by atoms with Crippen LogP contribution in [0.5, 0.6) is 0 Å². The van der Waals surface area contributed by atoms with Gasteiger partial charge in [0, 0.05) is 6.54 Å². The highest BCUT2D eigenvalue weighted by Gasteiger charge is 2.17. The summed E-state index contributed by atoms with van der Waals surface area (Å²) in [5.41, 5.74) is 2.32. The van der Waals surface area contributed by atoms with Crippen LogP contribution in [0.4, 0.5) is 11.6 Å². The van der Waals surface area contributed by atoms with E-state index in [0.29, 0.717) is 18.2 Å². The predicted octanol–water partition coefficient (Wildman–Crippen LogP) is 2.33. The van der Waals surface area contributed by atoms with Gasteiger partial charge in [-0.25, -0.2) is 18.4 Å². The van der Waals surface area contributed by atoms with E-state index in [0.717, 1.165) is 11.1 Å². The largest absolute Gasteiger partial charge is 0.355 e. The van der Waals surface area contributed by atoms with Gasteiger partial charge in [-0.05, 0) is 31.9 Å². The highest BCUT2D eigenvalue weighted by Crippen LogP contribution is 2.23. The van der Waals surface area contributed by atoms with Gasteiger partial charge >= 0.3 is 0 Å². The lowest BCUT2D eigenvalue weighted by molar-refractivity contribution is 0.600. The van der Waals surface area contributed by atoms with Crippen LogP contribution < -0.4 is 10.0 Å². The summed E-state index contributed by atoms with van der Waals surface area (Å²) in [6.07, 6.45) is 2.59. The molecular weight excluding hydrogens is 288 g/mol. The van der Waals surface area contributed by atoms with Crippen LogP contribution in [0.3, 0.4) is 0 Å². The van der Waals surface area contributed by atoms with Gasteiger partial charge < -0.3 is 5.32 Å². The lowest BCUT2D eigenvalue weighted by Gasteiger charge is -2.13. The number of nitrogens with zero attached hydrogens (tertiary/aromatic N) is 2. The van der Waals surface area contributed by atoms with E-state index in [-0.39, 0.29) is 4.90 Å². The minimum atomic E-state index is -3.69. The highest BCUT2D eigenvalue weighted by molar-refractivity contribution is 7.92. The molecule has 0 bridgehead atoms. The molecule has 0 aliphatic carbocycles. The summed E-state index contributed by atoms with van der Waals surface area (Å²) in [5, 5.41) is 2.92. The van der Waals surface area contributed by atoms with Gasteiger partial charge in [0.05, 0.1) is 18.1 Å². The molecule has 0 aliphatic rings. The third-order valence-electron chi connectivity index (χ3n) is 2.99. The Hall–Kier alpha value is -2.15. The molecule has 2 aromatic rings. The standard InChI is InChI=1S/C14H18N4O2S/c1-4-15-14-16-8-12(9-17-14)21(19,20)18-13-10(2)6-5-7-11(13)3/h5-9,18H,4H2,1-3H3,(H,15,16,17). The maximum Gasteiger partial charge on any atom is 0.264 e. The molecule has 0 fully saturated rings. The number of aryl methyl sites for hydroxylation is 2. The van der Waals surface area contributed by atoms with Gasteiger partial charge in [-0.2, -0.15) is 0 Å². The van der Waals surface area contributed by atoms with E-state index < -0.39 is 10.0 Å². The van der Waals surface area contributed by atoms with Gasteiger partial charge in [-0.15, -0.1) is 0 Å². The number of rotatable bonds is 5. The average molecular weight is 306 g/mol. The Bertz CT molecular complexity index is 707. The smallest absolute Gasteiger partial charge is 0.264 e. The Balaban J connectivity index is 2.30. The van der Waals surface area contributed by atoms with Crippen LogP contribution in [0.25, 0.3) is 0 Å². The third kappa shape index (κ3) is 3.49. The number of aromatic nitrogens is 2. The van der Waals surface area contributed by atoms with E-state index in [2.05, 4.69) is 20.0 Å². The molecule has 0 unspecified atom stereocenters. The fourth-order valence-electron chi connectivity index (χ4n) is 1.87. The lowest BCUT2D eigenvalue weighted by atomic mass is 10.1. The van der Waals surface area contributed by atoms with Crippen LogP contribution in [-0.2, 0) is 10.0 Å². The Kier molecular flexibility index (Phi) is 4.42. The molecule has 6 nitrogen and oxygen atoms in total. The van der Waals surface area contributed by atoms with Crippen molar-refractivity contribution in [2.24, 2.45) is 0 Å². The molecule has 0 amide bonds. The lowest BCUT2D eigenvalue weighted by Crippen LogP contribution is -2.15. The Morgan fingerprint density at radius 2 is 1.67 bits per heavy atom. The molecule has 21 heavy (non-hydrogen) atoms. The summed E-state index contributed by atoms with van der Waals surface area (Å²) >= 11 is 0. The summed E-state index contributed by atoms with van der Waals surface area (Å²) in [6, 6.07) is 5.60. The van der Waals surface area contributed by atoms with Gasteiger partial charge in [0.15, 0.2) is 0 Å². The molecule has 7 heteroatoms. The number of nitrogens with one attached hydrogen (secondary N) is 2. The summed E-state index contributed by atoms with van der Waals surface area (Å²) < 4.78 is 27.3. The van der Waals surface area contributed by atoms with Crippen molar-refractivity contribution in [1.82, 2.24) is 9.97 Å². The molecule has 1 aromatic heterocycles. The molecule has 1 aromatic carbocycles. The van der Waals surface area contributed by atoms with Crippen molar-refractivity contribution in [2.75, 3.05) is 16.6 Å². The molecule has 0 spiro atoms. The van der Waals surface area contributed by atoms with Gasteiger partial charge in [-0.3, -0.25) is 4.72 Å². The van der Waals surface area contributed by atoms with E-state index in [4.69, 9.17) is 0 Å². The summed E-state index contributed by atoms with van der Waals surface area (Å²) in [7, 11) is -3.69. The summed E-state index contributed by atoms with van der Waals surface area (Å²) in [5.74, 6) is 0.406. The molecular formula is C14H18N4O2S. The first-order valence-corrected chi connectivity index (χ1v) is 8.07. The number of anilines is 2. The van der Waals surface area contributed by atoms with Gasteiger partial charge in [0.2, 0.25) is 5.95 Å². The minimum absolute atomic E-state index is 0.0341. The number of hydrogen-bond acceptors (Lipinski definition) is 5. The molecule has 0 saturated carbocycles. The number of para-hydroxylation sites is 1. The van der Waals surface area contributed by atoms with Crippen molar-refractivity contribution in [1.29, 1.82) is 0 Å². The fourth-order valence-corrected chi connectivity index (χ4v) is 2.96. The zero-order valence-electron chi connectivity index (χ0n) is 12.2. The van der Waals surface area contributed by atoms with E-state index in [9.17, 15) is 8.42 Å². The summed E-state index contributed by atoms with van der Waals surface area (Å²) in [4.78, 5) is 7.99. The monoisotopic (exact) mass is 306 g/mol. The molecule has 0 aliphatic heterocycles. The van der Waals surface area contributed by atoms with E-state index in [1.165, 1.54) is 12.4 Å². The predicted molar refractivity (Wildman–Crippen MR) is 82.9 cm³/mol. The molecule has 1 heterocycles. The van der Waals surface area contributed by atoms with Crippen molar-refractivity contribution in [3.8, 4) is 0 Å². The van der Waals surface area contributed by atoms with Gasteiger partial charge in [-0.1, -0.05) is 18.2 Å². The first-order chi connectivity index (χ1) is 9.94. The quantitative estimate of drug-likeness (QED) is 0.885. The Morgan fingerprint density at radius 1 is 1.10 bits per heavy atom. The molecule has 0 radical (unpaired) electrons. The van der Waals surface area contributed by atoms with Gasteiger partial charge in [0.1, 0.15) is 4.90 Å². The van der Waals surface area contributed by atoms with E-state index >= 15 is 0 Å². The first-order valence-electron chi connectivity index (χ1n) is 6.59. The number of sulfonamides is 1. The first kappa shape index (κ1) is 15.2.